The molecule has 1 heterocycles. The molecule has 1 atom stereocenters. The summed E-state index contributed by atoms with van der Waals surface area (Å²) >= 11 is 0. The summed E-state index contributed by atoms with van der Waals surface area (Å²) in [5.74, 6) is 0.591. The molecular weight excluding hydrogens is 274 g/mol. The molecule has 3 heteroatoms. The lowest BCUT2D eigenvalue weighted by Crippen LogP contribution is -2.37. The van der Waals surface area contributed by atoms with Gasteiger partial charge in [0.05, 0.1) is 6.10 Å². The smallest absolute Gasteiger partial charge is 0.160 e. The van der Waals surface area contributed by atoms with E-state index in [2.05, 4.69) is 24.8 Å². The van der Waals surface area contributed by atoms with Crippen molar-refractivity contribution in [3.8, 4) is 0 Å². The second-order valence-electron chi connectivity index (χ2n) is 6.90. The fourth-order valence-corrected chi connectivity index (χ4v) is 3.83. The number of ketones is 1. The van der Waals surface area contributed by atoms with Gasteiger partial charge >= 0.3 is 0 Å². The predicted octanol–water partition coefficient (Wildman–Crippen LogP) is 3.41. The second kappa shape index (κ2) is 6.93. The third-order valence-corrected chi connectivity index (χ3v) is 5.18. The van der Waals surface area contributed by atoms with Crippen LogP contribution < -0.4 is 0 Å². The van der Waals surface area contributed by atoms with E-state index in [1.54, 1.807) is 6.92 Å². The van der Waals surface area contributed by atoms with Crippen molar-refractivity contribution >= 4 is 5.78 Å². The minimum Gasteiger partial charge on any atom is -0.393 e. The van der Waals surface area contributed by atoms with Crippen molar-refractivity contribution in [2.45, 2.75) is 60.1 Å². The summed E-state index contributed by atoms with van der Waals surface area (Å²) in [4.78, 5) is 14.4. The summed E-state index contributed by atoms with van der Waals surface area (Å²) in [6, 6.07) is 2.14. The average molecular weight is 303 g/mol. The van der Waals surface area contributed by atoms with Crippen molar-refractivity contribution in [1.29, 1.82) is 0 Å². The number of aliphatic hydroxyl groups is 1. The molecule has 1 aliphatic heterocycles. The topological polar surface area (TPSA) is 40.5 Å². The van der Waals surface area contributed by atoms with Gasteiger partial charge < -0.3 is 5.11 Å². The zero-order valence-electron chi connectivity index (χ0n) is 14.6. The largest absolute Gasteiger partial charge is 0.393 e. The quantitative estimate of drug-likeness (QED) is 0.867. The molecule has 1 fully saturated rings. The van der Waals surface area contributed by atoms with E-state index in [0.717, 1.165) is 49.2 Å². The van der Waals surface area contributed by atoms with Crippen molar-refractivity contribution in [3.63, 3.8) is 0 Å². The SMILES string of the molecule is CC(=O)c1c(C)cc(C)c(CN2CCC(C(C)O)CC2)c1C. The van der Waals surface area contributed by atoms with Crippen LogP contribution in [0.4, 0.5) is 0 Å². The summed E-state index contributed by atoms with van der Waals surface area (Å²) < 4.78 is 0. The molecule has 0 radical (unpaired) electrons. The number of hydrogen-bond acceptors (Lipinski definition) is 3. The molecule has 0 aliphatic carbocycles. The van der Waals surface area contributed by atoms with Gasteiger partial charge in [-0.1, -0.05) is 6.07 Å². The molecule has 0 aromatic heterocycles. The summed E-state index contributed by atoms with van der Waals surface area (Å²) in [6.07, 6.45) is 1.91. The van der Waals surface area contributed by atoms with E-state index in [-0.39, 0.29) is 11.9 Å². The predicted molar refractivity (Wildman–Crippen MR) is 90.3 cm³/mol. The van der Waals surface area contributed by atoms with Crippen LogP contribution in [0.15, 0.2) is 6.07 Å². The van der Waals surface area contributed by atoms with Gasteiger partial charge in [-0.3, -0.25) is 9.69 Å². The minimum absolute atomic E-state index is 0.157. The molecule has 2 rings (SSSR count). The normalized spacial score (nSPS) is 18.5. The molecule has 122 valence electrons. The van der Waals surface area contributed by atoms with Gasteiger partial charge in [-0.25, -0.2) is 0 Å². The Balaban J connectivity index is 2.17. The van der Waals surface area contributed by atoms with E-state index in [4.69, 9.17) is 0 Å². The van der Waals surface area contributed by atoms with Crippen LogP contribution in [0.2, 0.25) is 0 Å². The monoisotopic (exact) mass is 303 g/mol. The molecular formula is C19H29NO2. The first-order valence-electron chi connectivity index (χ1n) is 8.32. The number of carbonyl (C=O) groups is 1. The van der Waals surface area contributed by atoms with Crippen molar-refractivity contribution in [2.24, 2.45) is 5.92 Å². The Hall–Kier alpha value is -1.19. The Morgan fingerprint density at radius 2 is 1.86 bits per heavy atom. The van der Waals surface area contributed by atoms with E-state index >= 15 is 0 Å². The summed E-state index contributed by atoms with van der Waals surface area (Å²) in [7, 11) is 0. The molecule has 1 aromatic rings. The lowest BCUT2D eigenvalue weighted by Gasteiger charge is -2.34. The highest BCUT2D eigenvalue weighted by Crippen LogP contribution is 2.27. The van der Waals surface area contributed by atoms with Crippen LogP contribution in [0.1, 0.15) is 59.3 Å². The van der Waals surface area contributed by atoms with Gasteiger partial charge in [0.15, 0.2) is 5.78 Å². The van der Waals surface area contributed by atoms with Crippen LogP contribution in [0.5, 0.6) is 0 Å². The van der Waals surface area contributed by atoms with E-state index in [0.29, 0.717) is 5.92 Å². The molecule has 0 amide bonds. The molecule has 3 nitrogen and oxygen atoms in total. The highest BCUT2D eigenvalue weighted by molar-refractivity contribution is 5.97. The molecule has 1 saturated heterocycles. The standard InChI is InChI=1S/C19H29NO2/c1-12-10-13(2)19(16(5)22)14(3)18(12)11-20-8-6-17(7-9-20)15(4)21/h10,15,17,21H,6-9,11H2,1-5H3. The van der Waals surface area contributed by atoms with Gasteiger partial charge in [-0.05, 0) is 88.7 Å². The second-order valence-corrected chi connectivity index (χ2v) is 6.90. The highest BCUT2D eigenvalue weighted by atomic mass is 16.3. The highest BCUT2D eigenvalue weighted by Gasteiger charge is 2.24. The molecule has 1 N–H and O–H groups in total. The number of rotatable bonds is 4. The maximum absolute atomic E-state index is 11.9. The number of carbonyl (C=O) groups excluding carboxylic acids is 1. The van der Waals surface area contributed by atoms with E-state index in [9.17, 15) is 9.90 Å². The summed E-state index contributed by atoms with van der Waals surface area (Å²) in [5.41, 5.74) is 5.69. The van der Waals surface area contributed by atoms with Crippen molar-refractivity contribution in [3.05, 3.63) is 33.9 Å². The molecule has 1 aliphatic rings. The summed E-state index contributed by atoms with van der Waals surface area (Å²) in [6.45, 7) is 12.8. The lowest BCUT2D eigenvalue weighted by molar-refractivity contribution is 0.0694. The number of aliphatic hydroxyl groups excluding tert-OH is 1. The average Bonchev–Trinajstić information content (AvgIpc) is 2.43. The number of piperidine rings is 1. The van der Waals surface area contributed by atoms with Crippen molar-refractivity contribution < 1.29 is 9.90 Å². The van der Waals surface area contributed by atoms with Crippen LogP contribution in [0.3, 0.4) is 0 Å². The fourth-order valence-electron chi connectivity index (χ4n) is 3.83. The van der Waals surface area contributed by atoms with Gasteiger partial charge in [0.25, 0.3) is 0 Å². The molecule has 22 heavy (non-hydrogen) atoms. The van der Waals surface area contributed by atoms with Crippen LogP contribution in [-0.2, 0) is 6.54 Å². The Morgan fingerprint density at radius 1 is 1.27 bits per heavy atom. The maximum atomic E-state index is 11.9. The van der Waals surface area contributed by atoms with Gasteiger partial charge in [-0.15, -0.1) is 0 Å². The third-order valence-electron chi connectivity index (χ3n) is 5.18. The minimum atomic E-state index is -0.200. The third kappa shape index (κ3) is 3.58. The van der Waals surface area contributed by atoms with Crippen LogP contribution >= 0.6 is 0 Å². The van der Waals surface area contributed by atoms with Crippen LogP contribution in [-0.4, -0.2) is 35.0 Å². The number of Topliss-reactive ketones (excluding diaryl/α,β-unsaturated/α-hetero) is 1. The zero-order chi connectivity index (χ0) is 16.4. The van der Waals surface area contributed by atoms with Crippen LogP contribution in [0, 0.1) is 26.7 Å². The Bertz CT molecular complexity index is 555. The van der Waals surface area contributed by atoms with Crippen LogP contribution in [0.25, 0.3) is 0 Å². The van der Waals surface area contributed by atoms with E-state index < -0.39 is 0 Å². The Kier molecular flexibility index (Phi) is 5.41. The summed E-state index contributed by atoms with van der Waals surface area (Å²) in [5, 5.41) is 9.71. The number of aryl methyl sites for hydroxylation is 2. The van der Waals surface area contributed by atoms with Gasteiger partial charge in [0.2, 0.25) is 0 Å². The number of benzene rings is 1. The van der Waals surface area contributed by atoms with Gasteiger partial charge in [0, 0.05) is 12.1 Å². The Morgan fingerprint density at radius 3 is 2.36 bits per heavy atom. The Labute approximate surface area is 134 Å². The number of nitrogens with zero attached hydrogens (tertiary/aromatic N) is 1. The molecule has 0 bridgehead atoms. The van der Waals surface area contributed by atoms with Crippen molar-refractivity contribution in [1.82, 2.24) is 4.90 Å². The first kappa shape index (κ1) is 17.2. The number of hydrogen-bond donors (Lipinski definition) is 1. The zero-order valence-corrected chi connectivity index (χ0v) is 14.6. The first-order valence-corrected chi connectivity index (χ1v) is 8.32. The fraction of sp³-hybridized carbons (Fsp3) is 0.632. The number of likely N-dealkylation sites (tertiary alicyclic amines) is 1. The lowest BCUT2D eigenvalue weighted by atomic mass is 9.89. The van der Waals surface area contributed by atoms with E-state index in [1.165, 1.54) is 11.1 Å². The molecule has 1 aromatic carbocycles. The first-order chi connectivity index (χ1) is 10.3. The molecule has 0 saturated carbocycles. The molecule has 1 unspecified atom stereocenters. The van der Waals surface area contributed by atoms with Gasteiger partial charge in [0.1, 0.15) is 0 Å². The van der Waals surface area contributed by atoms with E-state index in [1.807, 2.05) is 13.8 Å². The van der Waals surface area contributed by atoms with Gasteiger partial charge in [-0.2, -0.15) is 0 Å². The van der Waals surface area contributed by atoms with Crippen molar-refractivity contribution in [2.75, 3.05) is 13.1 Å². The molecule has 0 spiro atoms. The maximum Gasteiger partial charge on any atom is 0.160 e.